The van der Waals surface area contributed by atoms with Crippen molar-refractivity contribution in [2.75, 3.05) is 11.4 Å². The van der Waals surface area contributed by atoms with Crippen LogP contribution < -0.4 is 10.6 Å². The molecule has 1 aromatic carbocycles. The molecule has 1 saturated carbocycles. The third kappa shape index (κ3) is 3.66. The molecular formula is C15H22BrN3O. The van der Waals surface area contributed by atoms with Crippen LogP contribution in [0.25, 0.3) is 0 Å². The Morgan fingerprint density at radius 1 is 1.50 bits per heavy atom. The van der Waals surface area contributed by atoms with Crippen LogP contribution >= 0.6 is 15.9 Å². The second kappa shape index (κ2) is 6.48. The van der Waals surface area contributed by atoms with Gasteiger partial charge in [0.05, 0.1) is 0 Å². The highest BCUT2D eigenvalue weighted by molar-refractivity contribution is 9.10. The van der Waals surface area contributed by atoms with Gasteiger partial charge in [-0.05, 0) is 43.4 Å². The Morgan fingerprint density at radius 2 is 2.20 bits per heavy atom. The number of anilines is 1. The van der Waals surface area contributed by atoms with Crippen LogP contribution in [0.4, 0.5) is 5.69 Å². The summed E-state index contributed by atoms with van der Waals surface area (Å²) in [5.74, 6) is 0.832. The van der Waals surface area contributed by atoms with Gasteiger partial charge in [-0.3, -0.25) is 0 Å². The van der Waals surface area contributed by atoms with E-state index in [1.54, 1.807) is 0 Å². The molecule has 4 nitrogen and oxygen atoms in total. The first-order chi connectivity index (χ1) is 9.52. The molecule has 0 atom stereocenters. The molecule has 1 aliphatic rings. The maximum atomic E-state index is 8.97. The van der Waals surface area contributed by atoms with Crippen molar-refractivity contribution in [1.29, 1.82) is 0 Å². The van der Waals surface area contributed by atoms with E-state index < -0.39 is 0 Å². The molecule has 0 spiro atoms. The zero-order chi connectivity index (χ0) is 14.7. The first-order valence-corrected chi connectivity index (χ1v) is 7.86. The quantitative estimate of drug-likeness (QED) is 0.360. The van der Waals surface area contributed by atoms with Crippen molar-refractivity contribution in [3.05, 3.63) is 28.2 Å². The maximum Gasteiger partial charge on any atom is 0.172 e. The molecule has 0 amide bonds. The highest BCUT2D eigenvalue weighted by Gasteiger charge is 2.30. The summed E-state index contributed by atoms with van der Waals surface area (Å²) in [5, 5.41) is 12.1. The molecule has 2 rings (SSSR count). The molecule has 3 N–H and O–H groups in total. The van der Waals surface area contributed by atoms with Gasteiger partial charge in [0.2, 0.25) is 0 Å². The Labute approximate surface area is 128 Å². The van der Waals surface area contributed by atoms with Crippen LogP contribution in [0.3, 0.4) is 0 Å². The highest BCUT2D eigenvalue weighted by Crippen LogP contribution is 2.35. The second-order valence-corrected chi connectivity index (χ2v) is 6.67. The fourth-order valence-electron chi connectivity index (χ4n) is 2.30. The standard InChI is InChI=1S/C15H22BrN3O/c1-10(2)7-8-19(12-4-5-12)14-9-11(16)3-6-13(14)15(17)18-20/h3,6,9-10,12,20H,4-5,7-8H2,1-2H3,(H2,17,18). The molecular weight excluding hydrogens is 318 g/mol. The van der Waals surface area contributed by atoms with E-state index in [4.69, 9.17) is 10.9 Å². The molecule has 5 heteroatoms. The van der Waals surface area contributed by atoms with Crippen LogP contribution in [-0.4, -0.2) is 23.6 Å². The number of halogens is 1. The lowest BCUT2D eigenvalue weighted by Gasteiger charge is -2.28. The van der Waals surface area contributed by atoms with Crippen molar-refractivity contribution in [3.63, 3.8) is 0 Å². The number of hydrogen-bond acceptors (Lipinski definition) is 3. The van der Waals surface area contributed by atoms with E-state index in [-0.39, 0.29) is 5.84 Å². The molecule has 0 unspecified atom stereocenters. The minimum absolute atomic E-state index is 0.169. The average Bonchev–Trinajstić information content (AvgIpc) is 3.22. The normalized spacial score (nSPS) is 15.7. The molecule has 0 aliphatic heterocycles. The molecule has 1 aromatic rings. The summed E-state index contributed by atoms with van der Waals surface area (Å²) in [6, 6.07) is 6.48. The zero-order valence-electron chi connectivity index (χ0n) is 12.0. The summed E-state index contributed by atoms with van der Waals surface area (Å²) in [5.41, 5.74) is 7.67. The second-order valence-electron chi connectivity index (χ2n) is 5.75. The smallest absolute Gasteiger partial charge is 0.172 e. The molecule has 0 saturated heterocycles. The van der Waals surface area contributed by atoms with Crippen molar-refractivity contribution < 1.29 is 5.21 Å². The number of oxime groups is 1. The number of nitrogens with two attached hydrogens (primary N) is 1. The van der Waals surface area contributed by atoms with Crippen molar-refractivity contribution in [2.24, 2.45) is 16.8 Å². The molecule has 0 bridgehead atoms. The number of hydrogen-bond donors (Lipinski definition) is 2. The van der Waals surface area contributed by atoms with Gasteiger partial charge in [0.25, 0.3) is 0 Å². The SMILES string of the molecule is CC(C)CCN(c1cc(Br)ccc1/C(N)=N/O)C1CC1. The van der Waals surface area contributed by atoms with Gasteiger partial charge in [-0.15, -0.1) is 0 Å². The summed E-state index contributed by atoms with van der Waals surface area (Å²) in [7, 11) is 0. The number of amidine groups is 1. The predicted octanol–water partition coefficient (Wildman–Crippen LogP) is 3.56. The van der Waals surface area contributed by atoms with Gasteiger partial charge in [-0.25, -0.2) is 0 Å². The van der Waals surface area contributed by atoms with Gasteiger partial charge >= 0.3 is 0 Å². The summed E-state index contributed by atoms with van der Waals surface area (Å²) in [4.78, 5) is 2.40. The zero-order valence-corrected chi connectivity index (χ0v) is 13.6. The summed E-state index contributed by atoms with van der Waals surface area (Å²) in [6.07, 6.45) is 3.58. The third-order valence-corrected chi connectivity index (χ3v) is 4.08. The van der Waals surface area contributed by atoms with Crippen molar-refractivity contribution in [3.8, 4) is 0 Å². The van der Waals surface area contributed by atoms with E-state index in [2.05, 4.69) is 45.9 Å². The van der Waals surface area contributed by atoms with E-state index in [1.165, 1.54) is 12.8 Å². The van der Waals surface area contributed by atoms with E-state index >= 15 is 0 Å². The van der Waals surface area contributed by atoms with E-state index in [0.29, 0.717) is 12.0 Å². The van der Waals surface area contributed by atoms with Crippen LogP contribution in [-0.2, 0) is 0 Å². The maximum absolute atomic E-state index is 8.97. The van der Waals surface area contributed by atoms with Crippen molar-refractivity contribution in [2.45, 2.75) is 39.2 Å². The lowest BCUT2D eigenvalue weighted by Crippen LogP contribution is -2.30. The number of rotatable bonds is 6. The predicted molar refractivity (Wildman–Crippen MR) is 86.5 cm³/mol. The molecule has 0 radical (unpaired) electrons. The van der Waals surface area contributed by atoms with E-state index in [1.807, 2.05) is 12.1 Å². The van der Waals surface area contributed by atoms with E-state index in [0.717, 1.165) is 28.7 Å². The summed E-state index contributed by atoms with van der Waals surface area (Å²) >= 11 is 3.52. The monoisotopic (exact) mass is 339 g/mol. The number of benzene rings is 1. The Balaban J connectivity index is 2.33. The van der Waals surface area contributed by atoms with Gasteiger partial charge in [-0.1, -0.05) is 34.9 Å². The fourth-order valence-corrected chi connectivity index (χ4v) is 2.65. The summed E-state index contributed by atoms with van der Waals surface area (Å²) < 4.78 is 1.01. The molecule has 0 heterocycles. The highest BCUT2D eigenvalue weighted by atomic mass is 79.9. The van der Waals surface area contributed by atoms with Crippen LogP contribution in [0.2, 0.25) is 0 Å². The molecule has 110 valence electrons. The fraction of sp³-hybridized carbons (Fsp3) is 0.533. The Hall–Kier alpha value is -1.23. The largest absolute Gasteiger partial charge is 0.409 e. The lowest BCUT2D eigenvalue weighted by atomic mass is 10.1. The van der Waals surface area contributed by atoms with Crippen LogP contribution in [0, 0.1) is 5.92 Å². The molecule has 0 aromatic heterocycles. The number of nitrogens with zero attached hydrogens (tertiary/aromatic N) is 2. The van der Waals surface area contributed by atoms with E-state index in [9.17, 15) is 0 Å². The van der Waals surface area contributed by atoms with Gasteiger partial charge < -0.3 is 15.8 Å². The van der Waals surface area contributed by atoms with Gasteiger partial charge in [0.15, 0.2) is 5.84 Å². The van der Waals surface area contributed by atoms with Crippen molar-refractivity contribution in [1.82, 2.24) is 0 Å². The molecule has 1 aliphatic carbocycles. The van der Waals surface area contributed by atoms with Gasteiger partial charge in [0.1, 0.15) is 0 Å². The van der Waals surface area contributed by atoms with Crippen LogP contribution in [0.5, 0.6) is 0 Å². The van der Waals surface area contributed by atoms with Crippen LogP contribution in [0.1, 0.15) is 38.7 Å². The first-order valence-electron chi connectivity index (χ1n) is 7.07. The average molecular weight is 340 g/mol. The topological polar surface area (TPSA) is 61.8 Å². The first kappa shape index (κ1) is 15.2. The third-order valence-electron chi connectivity index (χ3n) is 3.59. The van der Waals surface area contributed by atoms with Gasteiger partial charge in [-0.2, -0.15) is 0 Å². The molecule has 1 fully saturated rings. The minimum Gasteiger partial charge on any atom is -0.409 e. The lowest BCUT2D eigenvalue weighted by molar-refractivity contribution is 0.318. The molecule has 20 heavy (non-hydrogen) atoms. The Morgan fingerprint density at radius 3 is 2.75 bits per heavy atom. The Bertz CT molecular complexity index is 498. The van der Waals surface area contributed by atoms with Crippen LogP contribution in [0.15, 0.2) is 27.8 Å². The van der Waals surface area contributed by atoms with Gasteiger partial charge in [0, 0.05) is 28.3 Å². The Kier molecular flexibility index (Phi) is 4.91. The minimum atomic E-state index is 0.169. The van der Waals surface area contributed by atoms with Crippen molar-refractivity contribution >= 4 is 27.5 Å². The summed E-state index contributed by atoms with van der Waals surface area (Å²) in [6.45, 7) is 5.47.